The van der Waals surface area contributed by atoms with Crippen molar-refractivity contribution in [3.8, 4) is 0 Å². The Bertz CT molecular complexity index is 963. The molecule has 0 radical (unpaired) electrons. The summed E-state index contributed by atoms with van der Waals surface area (Å²) in [6, 6.07) is 14.4. The summed E-state index contributed by atoms with van der Waals surface area (Å²) in [6.07, 6.45) is 7.94. The number of aliphatic hydroxyl groups excluding tert-OH is 1. The molecule has 1 amide bonds. The number of anilines is 1. The van der Waals surface area contributed by atoms with E-state index in [0.717, 1.165) is 55.3 Å². The molecule has 1 saturated heterocycles. The number of carbonyl (C=O) groups is 1. The highest BCUT2D eigenvalue weighted by Gasteiger charge is 2.30. The molecule has 2 unspecified atom stereocenters. The lowest BCUT2D eigenvalue weighted by atomic mass is 9.93. The zero-order valence-corrected chi connectivity index (χ0v) is 19.2. The second kappa shape index (κ2) is 9.88. The number of aryl methyl sites for hydroxylation is 1. The van der Waals surface area contributed by atoms with Crippen LogP contribution >= 0.6 is 7.60 Å². The van der Waals surface area contributed by atoms with Gasteiger partial charge < -0.3 is 19.8 Å². The Hall–Kier alpha value is -1.98. The normalized spacial score (nSPS) is 21.2. The first kappa shape index (κ1) is 23.2. The number of amides is 1. The van der Waals surface area contributed by atoms with Crippen LogP contribution in [0, 0.1) is 5.92 Å². The number of hydrogen-bond acceptors (Lipinski definition) is 3. The molecule has 172 valence electrons. The molecule has 7 heteroatoms. The van der Waals surface area contributed by atoms with Gasteiger partial charge in [-0.05, 0) is 79.8 Å². The average molecular weight is 458 g/mol. The largest absolute Gasteiger partial charge is 0.388 e. The fraction of sp³-hybridized carbons (Fsp3) is 0.480. The van der Waals surface area contributed by atoms with Crippen LogP contribution < -0.4 is 10.2 Å². The molecule has 0 aromatic heterocycles. The summed E-state index contributed by atoms with van der Waals surface area (Å²) >= 11 is 0. The highest BCUT2D eigenvalue weighted by molar-refractivity contribution is 7.60. The predicted octanol–water partition coefficient (Wildman–Crippen LogP) is 4.23. The Morgan fingerprint density at radius 1 is 0.938 bits per heavy atom. The highest BCUT2D eigenvalue weighted by atomic mass is 31.2. The number of rotatable bonds is 7. The van der Waals surface area contributed by atoms with Crippen molar-refractivity contribution in [1.82, 2.24) is 0 Å². The molecular formula is C25H32NO5P. The smallest absolute Gasteiger partial charge is 0.356 e. The first-order chi connectivity index (χ1) is 15.3. The van der Waals surface area contributed by atoms with Gasteiger partial charge in [0.25, 0.3) is 0 Å². The third kappa shape index (κ3) is 5.32. The molecule has 0 bridgehead atoms. The minimum atomic E-state index is -4.23. The van der Waals surface area contributed by atoms with Gasteiger partial charge in [-0.15, -0.1) is 0 Å². The number of carbonyl (C=O) groups excluding carboxylic acids is 1. The standard InChI is InChI=1S/C25H32NO5P/c27-24-7-3-6-21(13-8-18-9-16-23(17-10-18)32(29,30)31)26(24)22-14-11-20(12-15-22)25(28)19-4-1-2-5-19/h9-12,14-17,19,21,25,28H,1-8,13H2,(H2,29,30,31). The minimum absolute atomic E-state index is 0.0237. The lowest BCUT2D eigenvalue weighted by molar-refractivity contribution is -0.120. The molecule has 32 heavy (non-hydrogen) atoms. The third-order valence-electron chi connectivity index (χ3n) is 6.96. The number of benzene rings is 2. The number of piperidine rings is 1. The molecule has 2 aliphatic rings. The van der Waals surface area contributed by atoms with Crippen LogP contribution in [0.1, 0.15) is 68.6 Å². The number of hydrogen-bond donors (Lipinski definition) is 3. The van der Waals surface area contributed by atoms with Gasteiger partial charge in [0.15, 0.2) is 0 Å². The van der Waals surface area contributed by atoms with Gasteiger partial charge in [-0.3, -0.25) is 9.36 Å². The quantitative estimate of drug-likeness (QED) is 0.541. The zero-order valence-electron chi connectivity index (χ0n) is 18.3. The molecule has 2 atom stereocenters. The van der Waals surface area contributed by atoms with Gasteiger partial charge in [-0.25, -0.2) is 0 Å². The number of aliphatic hydroxyl groups is 1. The first-order valence-corrected chi connectivity index (χ1v) is 13.2. The maximum Gasteiger partial charge on any atom is 0.356 e. The molecule has 4 rings (SSSR count). The maximum absolute atomic E-state index is 12.8. The SMILES string of the molecule is O=C1CCCC(CCc2ccc(P(=O)(O)O)cc2)N1c1ccc(C(O)C2CCCC2)cc1. The predicted molar refractivity (Wildman–Crippen MR) is 125 cm³/mol. The van der Waals surface area contributed by atoms with Crippen LogP contribution in [0.15, 0.2) is 48.5 Å². The molecule has 1 aliphatic carbocycles. The first-order valence-electron chi connectivity index (χ1n) is 11.6. The van der Waals surface area contributed by atoms with Crippen molar-refractivity contribution in [2.45, 2.75) is 69.9 Å². The Labute approximate surface area is 189 Å². The van der Waals surface area contributed by atoms with E-state index in [0.29, 0.717) is 12.3 Å². The van der Waals surface area contributed by atoms with Gasteiger partial charge in [-0.1, -0.05) is 37.1 Å². The van der Waals surface area contributed by atoms with Gasteiger partial charge in [-0.2, -0.15) is 0 Å². The Morgan fingerprint density at radius 2 is 1.59 bits per heavy atom. The third-order valence-corrected chi connectivity index (χ3v) is 7.93. The summed E-state index contributed by atoms with van der Waals surface area (Å²) in [7, 11) is -4.23. The lowest BCUT2D eigenvalue weighted by Gasteiger charge is -2.36. The van der Waals surface area contributed by atoms with E-state index in [-0.39, 0.29) is 17.3 Å². The van der Waals surface area contributed by atoms with Crippen LogP contribution in [0.4, 0.5) is 5.69 Å². The lowest BCUT2D eigenvalue weighted by Crippen LogP contribution is -2.44. The molecule has 0 spiro atoms. The van der Waals surface area contributed by atoms with Crippen LogP contribution in [0.5, 0.6) is 0 Å². The minimum Gasteiger partial charge on any atom is -0.388 e. The fourth-order valence-corrected chi connectivity index (χ4v) is 5.68. The van der Waals surface area contributed by atoms with E-state index in [1.165, 1.54) is 25.0 Å². The van der Waals surface area contributed by atoms with Crippen molar-refractivity contribution in [2.24, 2.45) is 5.92 Å². The van der Waals surface area contributed by atoms with Gasteiger partial charge >= 0.3 is 7.60 Å². The Kier molecular flexibility index (Phi) is 7.16. The Morgan fingerprint density at radius 3 is 2.22 bits per heavy atom. The van der Waals surface area contributed by atoms with E-state index in [1.807, 2.05) is 29.2 Å². The van der Waals surface area contributed by atoms with Gasteiger partial charge in [0, 0.05) is 18.2 Å². The van der Waals surface area contributed by atoms with Crippen LogP contribution in [0.25, 0.3) is 0 Å². The highest BCUT2D eigenvalue weighted by Crippen LogP contribution is 2.37. The average Bonchev–Trinajstić information content (AvgIpc) is 3.32. The van der Waals surface area contributed by atoms with Crippen molar-refractivity contribution >= 4 is 24.5 Å². The van der Waals surface area contributed by atoms with E-state index < -0.39 is 13.7 Å². The summed E-state index contributed by atoms with van der Waals surface area (Å²) in [5.74, 6) is 0.462. The van der Waals surface area contributed by atoms with Crippen molar-refractivity contribution in [1.29, 1.82) is 0 Å². The molecule has 1 aliphatic heterocycles. The van der Waals surface area contributed by atoms with E-state index in [9.17, 15) is 24.3 Å². The summed E-state index contributed by atoms with van der Waals surface area (Å²) in [5.41, 5.74) is 2.79. The molecular weight excluding hydrogens is 425 g/mol. The molecule has 2 aromatic rings. The second-order valence-electron chi connectivity index (χ2n) is 9.14. The zero-order chi connectivity index (χ0) is 22.7. The summed E-state index contributed by atoms with van der Waals surface area (Å²) < 4.78 is 11.4. The summed E-state index contributed by atoms with van der Waals surface area (Å²) in [6.45, 7) is 0. The van der Waals surface area contributed by atoms with Gasteiger partial charge in [0.1, 0.15) is 0 Å². The van der Waals surface area contributed by atoms with E-state index in [1.54, 1.807) is 12.1 Å². The van der Waals surface area contributed by atoms with E-state index in [4.69, 9.17) is 0 Å². The molecule has 2 aromatic carbocycles. The molecule has 1 heterocycles. The topological polar surface area (TPSA) is 98.1 Å². The molecule has 2 fully saturated rings. The molecule has 6 nitrogen and oxygen atoms in total. The van der Waals surface area contributed by atoms with Crippen LogP contribution in [-0.2, 0) is 15.8 Å². The van der Waals surface area contributed by atoms with Gasteiger partial charge in [0.05, 0.1) is 11.4 Å². The molecule has 3 N–H and O–H groups in total. The van der Waals surface area contributed by atoms with E-state index >= 15 is 0 Å². The van der Waals surface area contributed by atoms with Crippen LogP contribution in [-0.4, -0.2) is 26.8 Å². The maximum atomic E-state index is 12.8. The van der Waals surface area contributed by atoms with Crippen molar-refractivity contribution in [3.63, 3.8) is 0 Å². The second-order valence-corrected chi connectivity index (χ2v) is 10.7. The fourth-order valence-electron chi connectivity index (χ4n) is 5.14. The van der Waals surface area contributed by atoms with Crippen molar-refractivity contribution in [3.05, 3.63) is 59.7 Å². The van der Waals surface area contributed by atoms with Crippen LogP contribution in [0.2, 0.25) is 0 Å². The van der Waals surface area contributed by atoms with Crippen LogP contribution in [0.3, 0.4) is 0 Å². The van der Waals surface area contributed by atoms with E-state index in [2.05, 4.69) is 0 Å². The summed E-state index contributed by atoms with van der Waals surface area (Å²) in [4.78, 5) is 33.2. The summed E-state index contributed by atoms with van der Waals surface area (Å²) in [5, 5.41) is 10.7. The monoisotopic (exact) mass is 457 g/mol. The van der Waals surface area contributed by atoms with Crippen molar-refractivity contribution < 1.29 is 24.3 Å². The Balaban J connectivity index is 1.44. The number of nitrogens with zero attached hydrogens (tertiary/aromatic N) is 1. The molecule has 1 saturated carbocycles. The van der Waals surface area contributed by atoms with Crippen molar-refractivity contribution in [2.75, 3.05) is 4.90 Å². The van der Waals surface area contributed by atoms with Gasteiger partial charge in [0.2, 0.25) is 5.91 Å².